The fourth-order valence-corrected chi connectivity index (χ4v) is 1.05. The molecule has 0 atom stereocenters. The van der Waals surface area contributed by atoms with E-state index in [4.69, 9.17) is 11.1 Å². The molecule has 82 valence electrons. The predicted molar refractivity (Wildman–Crippen MR) is 63.0 cm³/mol. The van der Waals surface area contributed by atoms with Crippen molar-refractivity contribution in [3.05, 3.63) is 35.4 Å². The number of rotatable bonds is 2. The first-order chi connectivity index (χ1) is 7.59. The minimum atomic E-state index is -0.0961. The number of amides is 1. The molecule has 1 rings (SSSR count). The summed E-state index contributed by atoms with van der Waals surface area (Å²) in [5, 5.41) is 9.79. The zero-order valence-corrected chi connectivity index (χ0v) is 9.00. The van der Waals surface area contributed by atoms with Crippen molar-refractivity contribution in [2.75, 3.05) is 6.54 Å². The highest BCUT2D eigenvalue weighted by molar-refractivity contribution is 5.94. The van der Waals surface area contributed by atoms with Crippen LogP contribution in [0.4, 0.5) is 0 Å². The highest BCUT2D eigenvalue weighted by Crippen LogP contribution is 2.01. The molecule has 1 aromatic carbocycles. The summed E-state index contributed by atoms with van der Waals surface area (Å²) >= 11 is 0. The van der Waals surface area contributed by atoms with Gasteiger partial charge in [-0.05, 0) is 12.1 Å². The van der Waals surface area contributed by atoms with E-state index >= 15 is 0 Å². The van der Waals surface area contributed by atoms with Crippen LogP contribution in [0.5, 0.6) is 0 Å². The van der Waals surface area contributed by atoms with Crippen molar-refractivity contribution in [1.29, 1.82) is 5.41 Å². The molecular weight excluding hydrogens is 202 g/mol. The lowest BCUT2D eigenvalue weighted by atomic mass is 10.1. The van der Waals surface area contributed by atoms with Crippen LogP contribution >= 0.6 is 0 Å². The van der Waals surface area contributed by atoms with Crippen molar-refractivity contribution in [3.63, 3.8) is 0 Å². The van der Waals surface area contributed by atoms with Gasteiger partial charge in [-0.2, -0.15) is 0 Å². The molecular formula is C12H13N3O. The van der Waals surface area contributed by atoms with Gasteiger partial charge in [0.1, 0.15) is 5.84 Å². The molecule has 0 unspecified atom stereocenters. The molecule has 4 N–H and O–H groups in total. The Morgan fingerprint density at radius 1 is 1.44 bits per heavy atom. The average Bonchev–Trinajstić information content (AvgIpc) is 2.25. The Bertz CT molecular complexity index is 451. The van der Waals surface area contributed by atoms with Gasteiger partial charge in [0.15, 0.2) is 0 Å². The minimum Gasteiger partial charge on any atom is -0.384 e. The van der Waals surface area contributed by atoms with Crippen molar-refractivity contribution < 1.29 is 4.79 Å². The lowest BCUT2D eigenvalue weighted by molar-refractivity contribution is -0.118. The lowest BCUT2D eigenvalue weighted by Crippen LogP contribution is -2.19. The fraction of sp³-hybridized carbons (Fsp3) is 0.167. The third-order valence-corrected chi connectivity index (χ3v) is 1.85. The van der Waals surface area contributed by atoms with Gasteiger partial charge in [0.2, 0.25) is 5.91 Å². The second-order valence-electron chi connectivity index (χ2n) is 3.20. The molecule has 1 aromatic rings. The number of amidine groups is 1. The first-order valence-corrected chi connectivity index (χ1v) is 4.77. The van der Waals surface area contributed by atoms with Crippen LogP contribution in [0.1, 0.15) is 18.1 Å². The molecule has 0 saturated heterocycles. The molecule has 4 heteroatoms. The van der Waals surface area contributed by atoms with Crippen LogP contribution in [0.2, 0.25) is 0 Å². The average molecular weight is 215 g/mol. The summed E-state index contributed by atoms with van der Waals surface area (Å²) in [7, 11) is 0. The SMILES string of the molecule is CC(=O)NCC#Cc1ccc(C(=N)N)cc1. The summed E-state index contributed by atoms with van der Waals surface area (Å²) in [6.45, 7) is 1.78. The highest BCUT2D eigenvalue weighted by atomic mass is 16.1. The maximum Gasteiger partial charge on any atom is 0.217 e. The largest absolute Gasteiger partial charge is 0.384 e. The number of nitrogen functional groups attached to an aromatic ring is 1. The van der Waals surface area contributed by atoms with Crippen molar-refractivity contribution in [1.82, 2.24) is 5.32 Å². The van der Waals surface area contributed by atoms with Crippen molar-refractivity contribution in [3.8, 4) is 11.8 Å². The molecule has 4 nitrogen and oxygen atoms in total. The molecule has 0 radical (unpaired) electrons. The highest BCUT2D eigenvalue weighted by Gasteiger charge is 1.94. The number of nitrogens with two attached hydrogens (primary N) is 1. The van der Waals surface area contributed by atoms with Gasteiger partial charge >= 0.3 is 0 Å². The molecule has 0 heterocycles. The van der Waals surface area contributed by atoms with Crippen LogP contribution in [0.15, 0.2) is 24.3 Å². The number of hydrogen-bond donors (Lipinski definition) is 3. The van der Waals surface area contributed by atoms with Crippen LogP contribution in [-0.2, 0) is 4.79 Å². The fourth-order valence-electron chi connectivity index (χ4n) is 1.05. The van der Waals surface area contributed by atoms with Gasteiger partial charge in [0, 0.05) is 18.1 Å². The molecule has 0 fully saturated rings. The summed E-state index contributed by atoms with van der Waals surface area (Å²) in [5.41, 5.74) is 6.82. The summed E-state index contributed by atoms with van der Waals surface area (Å²) in [5.74, 6) is 5.65. The smallest absolute Gasteiger partial charge is 0.217 e. The molecule has 16 heavy (non-hydrogen) atoms. The molecule has 0 spiro atoms. The Balaban J connectivity index is 2.61. The zero-order valence-electron chi connectivity index (χ0n) is 9.00. The normalized spacial score (nSPS) is 8.81. The van der Waals surface area contributed by atoms with Crippen LogP contribution in [0.25, 0.3) is 0 Å². The van der Waals surface area contributed by atoms with E-state index in [9.17, 15) is 4.79 Å². The van der Waals surface area contributed by atoms with E-state index in [2.05, 4.69) is 17.2 Å². The maximum atomic E-state index is 10.6. The van der Waals surface area contributed by atoms with Gasteiger partial charge < -0.3 is 11.1 Å². The van der Waals surface area contributed by atoms with Crippen LogP contribution in [-0.4, -0.2) is 18.3 Å². The van der Waals surface area contributed by atoms with E-state index < -0.39 is 0 Å². The van der Waals surface area contributed by atoms with Crippen molar-refractivity contribution >= 4 is 11.7 Å². The van der Waals surface area contributed by atoms with Crippen molar-refractivity contribution in [2.45, 2.75) is 6.92 Å². The lowest BCUT2D eigenvalue weighted by Gasteiger charge is -1.97. The molecule has 0 bridgehead atoms. The Hall–Kier alpha value is -2.28. The van der Waals surface area contributed by atoms with E-state index in [1.54, 1.807) is 24.3 Å². The quantitative estimate of drug-likeness (QED) is 0.380. The second kappa shape index (κ2) is 5.56. The molecule has 1 amide bonds. The minimum absolute atomic E-state index is 0.0396. The van der Waals surface area contributed by atoms with Crippen molar-refractivity contribution in [2.24, 2.45) is 5.73 Å². The number of carbonyl (C=O) groups excluding carboxylic acids is 1. The topological polar surface area (TPSA) is 79.0 Å². The van der Waals surface area contributed by atoms with Crippen LogP contribution < -0.4 is 11.1 Å². The molecule has 0 aliphatic carbocycles. The van der Waals surface area contributed by atoms with Crippen LogP contribution in [0, 0.1) is 17.3 Å². The van der Waals surface area contributed by atoms with E-state index in [0.29, 0.717) is 12.1 Å². The molecule has 0 aliphatic heterocycles. The summed E-state index contributed by atoms with van der Waals surface area (Å²) in [6.07, 6.45) is 0. The molecule has 0 aliphatic rings. The van der Waals surface area contributed by atoms with E-state index in [1.807, 2.05) is 0 Å². The Labute approximate surface area is 94.4 Å². The zero-order chi connectivity index (χ0) is 12.0. The van der Waals surface area contributed by atoms with Gasteiger partial charge in [0.05, 0.1) is 6.54 Å². The predicted octanol–water partition coefficient (Wildman–Crippen LogP) is 0.458. The number of nitrogens with one attached hydrogen (secondary N) is 2. The standard InChI is InChI=1S/C12H13N3O/c1-9(16)15-8-2-3-10-4-6-11(7-5-10)12(13)14/h4-7H,8H2,1H3,(H3,13,14)(H,15,16). The summed E-state index contributed by atoms with van der Waals surface area (Å²) in [6, 6.07) is 7.06. The van der Waals surface area contributed by atoms with Gasteiger partial charge in [0.25, 0.3) is 0 Å². The first kappa shape index (κ1) is 11.8. The number of benzene rings is 1. The van der Waals surface area contributed by atoms with E-state index in [0.717, 1.165) is 5.56 Å². The first-order valence-electron chi connectivity index (χ1n) is 4.77. The van der Waals surface area contributed by atoms with E-state index in [-0.39, 0.29) is 11.7 Å². The Kier molecular flexibility index (Phi) is 4.10. The molecule has 0 aromatic heterocycles. The third kappa shape index (κ3) is 3.84. The summed E-state index contributed by atoms with van der Waals surface area (Å²) < 4.78 is 0. The maximum absolute atomic E-state index is 10.6. The van der Waals surface area contributed by atoms with Gasteiger partial charge in [-0.1, -0.05) is 24.0 Å². The monoisotopic (exact) mass is 215 g/mol. The summed E-state index contributed by atoms with van der Waals surface area (Å²) in [4.78, 5) is 10.6. The van der Waals surface area contributed by atoms with Gasteiger partial charge in [-0.3, -0.25) is 10.2 Å². The van der Waals surface area contributed by atoms with Gasteiger partial charge in [-0.25, -0.2) is 0 Å². The number of hydrogen-bond acceptors (Lipinski definition) is 2. The van der Waals surface area contributed by atoms with Gasteiger partial charge in [-0.15, -0.1) is 0 Å². The third-order valence-electron chi connectivity index (χ3n) is 1.85. The van der Waals surface area contributed by atoms with Crippen LogP contribution in [0.3, 0.4) is 0 Å². The second-order valence-corrected chi connectivity index (χ2v) is 3.20. The Morgan fingerprint density at radius 2 is 2.06 bits per heavy atom. The number of carbonyl (C=O) groups is 1. The van der Waals surface area contributed by atoms with E-state index in [1.165, 1.54) is 6.92 Å². The molecule has 0 saturated carbocycles. The Morgan fingerprint density at radius 3 is 2.56 bits per heavy atom.